The Bertz CT molecular complexity index is 310. The number of ether oxygens (including phenoxy) is 2. The standard InChI is InChI=1S/C11H20O6S2/c1-16-10(12)8-18(14)6-4-3-5-7-19(15)9-11(13)17-2/h3-9H2,1-2H3. The monoisotopic (exact) mass is 312 g/mol. The zero-order chi connectivity index (χ0) is 14.7. The van der Waals surface area contributed by atoms with Crippen LogP contribution in [0.3, 0.4) is 0 Å². The second-order valence-corrected chi connectivity index (χ2v) is 6.94. The summed E-state index contributed by atoms with van der Waals surface area (Å²) < 4.78 is 31.6. The zero-order valence-corrected chi connectivity index (χ0v) is 12.8. The molecule has 112 valence electrons. The normalized spacial score (nSPS) is 13.6. The van der Waals surface area contributed by atoms with E-state index in [1.165, 1.54) is 14.2 Å². The van der Waals surface area contributed by atoms with Crippen molar-refractivity contribution < 1.29 is 27.5 Å². The molecule has 0 aliphatic rings. The number of hydrogen-bond donors (Lipinski definition) is 0. The summed E-state index contributed by atoms with van der Waals surface area (Å²) in [4.78, 5) is 21.7. The SMILES string of the molecule is COC(=O)CS(=O)CCCCCS(=O)CC(=O)OC. The molecular formula is C11H20O6S2. The molecule has 0 saturated carbocycles. The van der Waals surface area contributed by atoms with E-state index < -0.39 is 33.5 Å². The lowest BCUT2D eigenvalue weighted by molar-refractivity contribution is -0.138. The lowest BCUT2D eigenvalue weighted by Crippen LogP contribution is -2.15. The van der Waals surface area contributed by atoms with E-state index in [9.17, 15) is 18.0 Å². The van der Waals surface area contributed by atoms with Crippen LogP contribution in [0, 0.1) is 0 Å². The van der Waals surface area contributed by atoms with Crippen LogP contribution in [-0.2, 0) is 40.7 Å². The molecule has 8 heteroatoms. The molecule has 0 N–H and O–H groups in total. The van der Waals surface area contributed by atoms with Gasteiger partial charge in [-0.05, 0) is 12.8 Å². The quantitative estimate of drug-likeness (QED) is 0.417. The number of unbranched alkanes of at least 4 members (excludes halogenated alkanes) is 2. The third-order valence-electron chi connectivity index (χ3n) is 2.26. The van der Waals surface area contributed by atoms with Gasteiger partial charge < -0.3 is 9.47 Å². The number of esters is 2. The second-order valence-electron chi connectivity index (χ2n) is 3.79. The molecule has 0 saturated heterocycles. The highest BCUT2D eigenvalue weighted by Gasteiger charge is 2.09. The van der Waals surface area contributed by atoms with Crippen LogP contribution in [0.15, 0.2) is 0 Å². The summed E-state index contributed by atoms with van der Waals surface area (Å²) in [6.45, 7) is 0. The first kappa shape index (κ1) is 18.2. The van der Waals surface area contributed by atoms with Crippen molar-refractivity contribution in [3.05, 3.63) is 0 Å². The Balaban J connectivity index is 3.54. The van der Waals surface area contributed by atoms with Gasteiger partial charge in [0.2, 0.25) is 0 Å². The van der Waals surface area contributed by atoms with Gasteiger partial charge in [0.1, 0.15) is 11.5 Å². The fourth-order valence-electron chi connectivity index (χ4n) is 1.23. The zero-order valence-electron chi connectivity index (χ0n) is 11.2. The Hall–Kier alpha value is -0.760. The van der Waals surface area contributed by atoms with E-state index >= 15 is 0 Å². The van der Waals surface area contributed by atoms with Crippen molar-refractivity contribution in [1.82, 2.24) is 0 Å². The van der Waals surface area contributed by atoms with Gasteiger partial charge >= 0.3 is 11.9 Å². The summed E-state index contributed by atoms with van der Waals surface area (Å²) in [5, 5.41) is 0. The lowest BCUT2D eigenvalue weighted by atomic mass is 10.3. The van der Waals surface area contributed by atoms with Crippen LogP contribution in [-0.4, -0.2) is 57.6 Å². The summed E-state index contributed by atoms with van der Waals surface area (Å²) in [5.41, 5.74) is 0. The molecule has 0 rings (SSSR count). The molecule has 0 radical (unpaired) electrons. The molecule has 0 aromatic heterocycles. The fraction of sp³-hybridized carbons (Fsp3) is 0.818. The predicted octanol–water partition coefficient (Wildman–Crippen LogP) is 0.000100. The minimum atomic E-state index is -1.20. The summed E-state index contributed by atoms with van der Waals surface area (Å²) in [6.07, 6.45) is 2.15. The highest BCUT2D eigenvalue weighted by molar-refractivity contribution is 7.85. The molecule has 19 heavy (non-hydrogen) atoms. The third kappa shape index (κ3) is 10.8. The second kappa shape index (κ2) is 11.1. The third-order valence-corrected chi connectivity index (χ3v) is 4.86. The van der Waals surface area contributed by atoms with Crippen molar-refractivity contribution in [2.75, 3.05) is 37.2 Å². The van der Waals surface area contributed by atoms with Crippen molar-refractivity contribution in [2.24, 2.45) is 0 Å². The minimum absolute atomic E-state index is 0.0786. The summed E-state index contributed by atoms with van der Waals surface area (Å²) in [7, 11) is 0.122. The van der Waals surface area contributed by atoms with Crippen molar-refractivity contribution in [2.45, 2.75) is 19.3 Å². The van der Waals surface area contributed by atoms with E-state index in [1.807, 2.05) is 0 Å². The summed E-state index contributed by atoms with van der Waals surface area (Å²) >= 11 is 0. The Labute approximate surface area is 118 Å². The molecule has 0 amide bonds. The van der Waals surface area contributed by atoms with Crippen LogP contribution in [0.1, 0.15) is 19.3 Å². The van der Waals surface area contributed by atoms with Gasteiger partial charge in [0, 0.05) is 33.1 Å². The minimum Gasteiger partial charge on any atom is -0.468 e. The first-order valence-electron chi connectivity index (χ1n) is 5.83. The van der Waals surface area contributed by atoms with Gasteiger partial charge in [-0.1, -0.05) is 6.42 Å². The molecule has 0 aliphatic heterocycles. The van der Waals surface area contributed by atoms with Crippen LogP contribution in [0.4, 0.5) is 0 Å². The van der Waals surface area contributed by atoms with E-state index in [1.54, 1.807) is 0 Å². The molecule has 0 aromatic carbocycles. The molecule has 2 unspecified atom stereocenters. The maximum atomic E-state index is 11.4. The van der Waals surface area contributed by atoms with E-state index in [0.29, 0.717) is 24.3 Å². The lowest BCUT2D eigenvalue weighted by Gasteiger charge is -2.02. The van der Waals surface area contributed by atoms with Crippen molar-refractivity contribution in [1.29, 1.82) is 0 Å². The number of carbonyl (C=O) groups is 2. The number of methoxy groups -OCH3 is 2. The molecule has 0 aliphatic carbocycles. The van der Waals surface area contributed by atoms with E-state index in [4.69, 9.17) is 0 Å². The van der Waals surface area contributed by atoms with Crippen LogP contribution in [0.5, 0.6) is 0 Å². The van der Waals surface area contributed by atoms with Crippen molar-refractivity contribution >= 4 is 33.5 Å². The predicted molar refractivity (Wildman–Crippen MR) is 73.6 cm³/mol. The Morgan fingerprint density at radius 2 is 1.16 bits per heavy atom. The highest BCUT2D eigenvalue weighted by Crippen LogP contribution is 2.00. The summed E-state index contributed by atoms with van der Waals surface area (Å²) in [5.74, 6) is -0.248. The first-order chi connectivity index (χ1) is 8.99. The molecule has 0 heterocycles. The van der Waals surface area contributed by atoms with Crippen LogP contribution >= 0.6 is 0 Å². The van der Waals surface area contributed by atoms with Crippen LogP contribution in [0.25, 0.3) is 0 Å². The van der Waals surface area contributed by atoms with Gasteiger partial charge in [-0.15, -0.1) is 0 Å². The Kier molecular flexibility index (Phi) is 10.7. The number of carbonyl (C=O) groups excluding carboxylic acids is 2. The topological polar surface area (TPSA) is 86.7 Å². The van der Waals surface area contributed by atoms with Crippen molar-refractivity contribution in [3.8, 4) is 0 Å². The van der Waals surface area contributed by atoms with Crippen LogP contribution < -0.4 is 0 Å². The number of rotatable bonds is 10. The van der Waals surface area contributed by atoms with Gasteiger partial charge in [0.15, 0.2) is 0 Å². The Morgan fingerprint density at radius 1 is 0.789 bits per heavy atom. The summed E-state index contributed by atoms with van der Waals surface area (Å²) in [6, 6.07) is 0. The van der Waals surface area contributed by atoms with Gasteiger partial charge in [0.25, 0.3) is 0 Å². The molecule has 0 aromatic rings. The Morgan fingerprint density at radius 3 is 1.47 bits per heavy atom. The first-order valence-corrected chi connectivity index (χ1v) is 8.80. The van der Waals surface area contributed by atoms with Gasteiger partial charge in [0.05, 0.1) is 14.2 Å². The maximum Gasteiger partial charge on any atom is 0.318 e. The largest absolute Gasteiger partial charge is 0.468 e. The maximum absolute atomic E-state index is 11.4. The van der Waals surface area contributed by atoms with E-state index in [-0.39, 0.29) is 11.5 Å². The molecule has 0 spiro atoms. The van der Waals surface area contributed by atoms with E-state index in [2.05, 4.69) is 9.47 Å². The molecule has 2 atom stereocenters. The fourth-order valence-corrected chi connectivity index (χ4v) is 3.33. The molecule has 0 fully saturated rings. The molecule has 0 bridgehead atoms. The average molecular weight is 312 g/mol. The molecular weight excluding hydrogens is 292 g/mol. The molecule has 6 nitrogen and oxygen atoms in total. The average Bonchev–Trinajstić information content (AvgIpc) is 2.37. The highest BCUT2D eigenvalue weighted by atomic mass is 32.2. The van der Waals surface area contributed by atoms with E-state index in [0.717, 1.165) is 6.42 Å². The van der Waals surface area contributed by atoms with Gasteiger partial charge in [-0.2, -0.15) is 0 Å². The number of hydrogen-bond acceptors (Lipinski definition) is 6. The van der Waals surface area contributed by atoms with Crippen molar-refractivity contribution in [3.63, 3.8) is 0 Å². The van der Waals surface area contributed by atoms with Crippen LogP contribution in [0.2, 0.25) is 0 Å². The van der Waals surface area contributed by atoms with Gasteiger partial charge in [-0.25, -0.2) is 0 Å². The van der Waals surface area contributed by atoms with Gasteiger partial charge in [-0.3, -0.25) is 18.0 Å². The smallest absolute Gasteiger partial charge is 0.318 e.